The Morgan fingerprint density at radius 1 is 1.24 bits per heavy atom. The molecule has 3 nitrogen and oxygen atoms in total. The molecule has 1 rings (SSSR count). The lowest BCUT2D eigenvalue weighted by Gasteiger charge is -2.20. The predicted octanol–water partition coefficient (Wildman–Crippen LogP) is 3.02. The van der Waals surface area contributed by atoms with E-state index < -0.39 is 0 Å². The first-order chi connectivity index (χ1) is 7.95. The third-order valence-electron chi connectivity index (χ3n) is 3.21. The summed E-state index contributed by atoms with van der Waals surface area (Å²) < 4.78 is 0. The van der Waals surface area contributed by atoms with Crippen molar-refractivity contribution >= 4 is 11.6 Å². The fourth-order valence-corrected chi connectivity index (χ4v) is 1.61. The second-order valence-electron chi connectivity index (χ2n) is 5.07. The molecule has 0 aromatic carbocycles. The summed E-state index contributed by atoms with van der Waals surface area (Å²) in [6.07, 6.45) is 2.54. The molecule has 0 N–H and O–H groups in total. The van der Waals surface area contributed by atoms with E-state index >= 15 is 0 Å². The van der Waals surface area contributed by atoms with Gasteiger partial charge in [0.05, 0.1) is 0 Å². The molecule has 0 heterocycles. The topological polar surface area (TPSA) is 32.7 Å². The van der Waals surface area contributed by atoms with Crippen LogP contribution < -0.4 is 0 Å². The van der Waals surface area contributed by atoms with Crippen LogP contribution in [0.15, 0.2) is 16.3 Å². The zero-order chi connectivity index (χ0) is 13.0. The number of carbonyl (C=O) groups is 1. The number of allylic oxidation sites excluding steroid dienone is 2. The first kappa shape index (κ1) is 13.9. The molecule has 0 radical (unpaired) electrons. The lowest BCUT2D eigenvalue weighted by atomic mass is 10.2. The van der Waals surface area contributed by atoms with Crippen LogP contribution in [0.2, 0.25) is 0 Å². The molecule has 96 valence electrons. The first-order valence-electron chi connectivity index (χ1n) is 6.44. The van der Waals surface area contributed by atoms with Crippen LogP contribution in [0.5, 0.6) is 0 Å². The van der Waals surface area contributed by atoms with Crippen molar-refractivity contribution in [3.63, 3.8) is 0 Å². The number of aliphatic imine (C=N–C) groups is 1. The number of rotatable bonds is 5. The second-order valence-corrected chi connectivity index (χ2v) is 5.07. The van der Waals surface area contributed by atoms with Crippen LogP contribution in [-0.4, -0.2) is 29.6 Å². The van der Waals surface area contributed by atoms with Gasteiger partial charge in [-0.2, -0.15) is 0 Å². The van der Waals surface area contributed by atoms with Gasteiger partial charge in [-0.05, 0) is 53.4 Å². The van der Waals surface area contributed by atoms with Crippen LogP contribution in [0.1, 0.15) is 47.5 Å². The fraction of sp³-hybridized carbons (Fsp3) is 0.714. The summed E-state index contributed by atoms with van der Waals surface area (Å²) in [6.45, 7) is 11.5. The summed E-state index contributed by atoms with van der Waals surface area (Å²) in [4.78, 5) is 18.5. The van der Waals surface area contributed by atoms with Gasteiger partial charge in [-0.25, -0.2) is 0 Å². The fourth-order valence-electron chi connectivity index (χ4n) is 1.61. The Bertz CT molecular complexity index is 347. The van der Waals surface area contributed by atoms with Gasteiger partial charge in [0.25, 0.3) is 5.91 Å². The van der Waals surface area contributed by atoms with Gasteiger partial charge in [-0.15, -0.1) is 0 Å². The van der Waals surface area contributed by atoms with E-state index in [0.29, 0.717) is 5.71 Å². The Hall–Kier alpha value is -1.12. The maximum Gasteiger partial charge on any atom is 0.267 e. The summed E-state index contributed by atoms with van der Waals surface area (Å²) in [5.74, 6) is 0.816. The molecule has 0 aliphatic heterocycles. The largest absolute Gasteiger partial charge is 0.338 e. The maximum absolute atomic E-state index is 12.2. The van der Waals surface area contributed by atoms with Crippen molar-refractivity contribution in [2.45, 2.75) is 47.5 Å². The van der Waals surface area contributed by atoms with Crippen molar-refractivity contribution in [3.05, 3.63) is 11.3 Å². The van der Waals surface area contributed by atoms with Crippen LogP contribution in [0, 0.1) is 5.92 Å². The van der Waals surface area contributed by atoms with Crippen molar-refractivity contribution < 1.29 is 4.79 Å². The van der Waals surface area contributed by atoms with Gasteiger partial charge in [-0.3, -0.25) is 9.79 Å². The predicted molar refractivity (Wildman–Crippen MR) is 72.1 cm³/mol. The van der Waals surface area contributed by atoms with Crippen LogP contribution in [-0.2, 0) is 4.79 Å². The molecule has 17 heavy (non-hydrogen) atoms. The lowest BCUT2D eigenvalue weighted by molar-refractivity contribution is -0.124. The van der Waals surface area contributed by atoms with Crippen molar-refractivity contribution in [3.8, 4) is 0 Å². The Labute approximate surface area is 105 Å². The zero-order valence-electron chi connectivity index (χ0n) is 11.7. The Kier molecular flexibility index (Phi) is 4.91. The van der Waals surface area contributed by atoms with Gasteiger partial charge in [-0.1, -0.05) is 5.57 Å². The Morgan fingerprint density at radius 3 is 2.24 bits per heavy atom. The standard InChI is InChI=1S/C14H24N2O/c1-6-16(9-13-7-8-13)14(17)12(5)15-11(4)10(2)3/h13H,6-9H2,1-5H3. The van der Waals surface area contributed by atoms with Gasteiger partial charge < -0.3 is 4.90 Å². The normalized spacial score (nSPS) is 15.7. The molecule has 0 saturated heterocycles. The minimum Gasteiger partial charge on any atom is -0.338 e. The van der Waals surface area contributed by atoms with E-state index in [0.717, 1.165) is 30.3 Å². The molecule has 1 fully saturated rings. The van der Waals surface area contributed by atoms with Crippen LogP contribution in [0.25, 0.3) is 0 Å². The number of carbonyl (C=O) groups excluding carboxylic acids is 1. The van der Waals surface area contributed by atoms with Crippen molar-refractivity contribution in [1.82, 2.24) is 4.90 Å². The van der Waals surface area contributed by atoms with E-state index in [4.69, 9.17) is 0 Å². The number of hydrogen-bond acceptors (Lipinski definition) is 2. The minimum atomic E-state index is 0.0833. The second kappa shape index (κ2) is 5.99. The van der Waals surface area contributed by atoms with E-state index in [2.05, 4.69) is 4.99 Å². The molecule has 1 amide bonds. The SMILES string of the molecule is CCN(CC1CC1)C(=O)C(C)=NC(C)=C(C)C. The van der Waals surface area contributed by atoms with Gasteiger partial charge in [0.2, 0.25) is 0 Å². The molecule has 3 heteroatoms. The summed E-state index contributed by atoms with van der Waals surface area (Å²) in [6, 6.07) is 0. The van der Waals surface area contributed by atoms with Crippen molar-refractivity contribution in [2.24, 2.45) is 10.9 Å². The monoisotopic (exact) mass is 236 g/mol. The first-order valence-corrected chi connectivity index (χ1v) is 6.44. The van der Waals surface area contributed by atoms with Gasteiger partial charge in [0.1, 0.15) is 5.71 Å². The lowest BCUT2D eigenvalue weighted by Crippen LogP contribution is -2.36. The van der Waals surface area contributed by atoms with Gasteiger partial charge in [0.15, 0.2) is 0 Å². The average molecular weight is 236 g/mol. The number of hydrogen-bond donors (Lipinski definition) is 0. The third-order valence-corrected chi connectivity index (χ3v) is 3.21. The van der Waals surface area contributed by atoms with Crippen LogP contribution in [0.3, 0.4) is 0 Å². The van der Waals surface area contributed by atoms with Crippen molar-refractivity contribution in [1.29, 1.82) is 0 Å². The summed E-state index contributed by atoms with van der Waals surface area (Å²) >= 11 is 0. The van der Waals surface area contributed by atoms with Gasteiger partial charge in [0, 0.05) is 18.8 Å². The molecular weight excluding hydrogens is 212 g/mol. The molecule has 1 aliphatic rings. The van der Waals surface area contributed by atoms with Crippen molar-refractivity contribution in [2.75, 3.05) is 13.1 Å². The van der Waals surface area contributed by atoms with E-state index in [-0.39, 0.29) is 5.91 Å². The smallest absolute Gasteiger partial charge is 0.267 e. The molecular formula is C14H24N2O. The molecule has 0 bridgehead atoms. The summed E-state index contributed by atoms with van der Waals surface area (Å²) in [5, 5.41) is 0. The highest BCUT2D eigenvalue weighted by molar-refractivity contribution is 6.38. The van der Waals surface area contributed by atoms with Crippen LogP contribution in [0.4, 0.5) is 0 Å². The molecule has 0 spiro atoms. The van der Waals surface area contributed by atoms with E-state index in [9.17, 15) is 4.79 Å². The van der Waals surface area contributed by atoms with Crippen LogP contribution >= 0.6 is 0 Å². The molecule has 1 aliphatic carbocycles. The molecule has 0 unspecified atom stereocenters. The molecule has 0 aromatic rings. The van der Waals surface area contributed by atoms with E-state index in [1.807, 2.05) is 39.5 Å². The van der Waals surface area contributed by atoms with Gasteiger partial charge >= 0.3 is 0 Å². The summed E-state index contributed by atoms with van der Waals surface area (Å²) in [7, 11) is 0. The maximum atomic E-state index is 12.2. The third kappa shape index (κ3) is 4.33. The van der Waals surface area contributed by atoms with E-state index in [1.165, 1.54) is 12.8 Å². The molecule has 0 atom stereocenters. The Morgan fingerprint density at radius 2 is 1.82 bits per heavy atom. The zero-order valence-corrected chi connectivity index (χ0v) is 11.7. The van der Waals surface area contributed by atoms with E-state index in [1.54, 1.807) is 0 Å². The summed E-state index contributed by atoms with van der Waals surface area (Å²) in [5.41, 5.74) is 2.70. The number of nitrogens with zero attached hydrogens (tertiary/aromatic N) is 2. The molecule has 0 aromatic heterocycles. The Balaban J connectivity index is 2.68. The average Bonchev–Trinajstić information content (AvgIpc) is 3.08. The molecule has 1 saturated carbocycles. The number of amides is 1. The highest BCUT2D eigenvalue weighted by Gasteiger charge is 2.26. The highest BCUT2D eigenvalue weighted by atomic mass is 16.2. The minimum absolute atomic E-state index is 0.0833. The quantitative estimate of drug-likeness (QED) is 0.675. The highest BCUT2D eigenvalue weighted by Crippen LogP contribution is 2.29.